The van der Waals surface area contributed by atoms with Gasteiger partial charge in [0, 0.05) is 5.92 Å². The summed E-state index contributed by atoms with van der Waals surface area (Å²) in [6, 6.07) is 15.7. The molecule has 212 valence electrons. The lowest BCUT2D eigenvalue weighted by Gasteiger charge is -2.55. The van der Waals surface area contributed by atoms with Crippen LogP contribution in [0, 0.1) is 17.8 Å². The second kappa shape index (κ2) is 10.6. The van der Waals surface area contributed by atoms with Gasteiger partial charge in [-0.2, -0.15) is 0 Å². The van der Waals surface area contributed by atoms with Gasteiger partial charge in [0.1, 0.15) is 18.2 Å². The zero-order valence-corrected chi connectivity index (χ0v) is 25.4. The minimum atomic E-state index is -2.06. The van der Waals surface area contributed by atoms with Crippen molar-refractivity contribution in [3.8, 4) is 11.1 Å². The Bertz CT molecular complexity index is 1240. The monoisotopic (exact) mass is 577 g/mol. The van der Waals surface area contributed by atoms with Crippen molar-refractivity contribution in [2.24, 2.45) is 17.8 Å². The number of hydrogen-bond donors (Lipinski definition) is 1. The summed E-state index contributed by atoms with van der Waals surface area (Å²) in [5.41, 5.74) is 4.28. The van der Waals surface area contributed by atoms with E-state index in [2.05, 4.69) is 29.6 Å². The van der Waals surface area contributed by atoms with E-state index < -0.39 is 20.5 Å². The summed E-state index contributed by atoms with van der Waals surface area (Å²) in [4.78, 5) is 26.4. The number of ether oxygens (including phenoxy) is 2. The molecule has 0 aromatic heterocycles. The molecule has 0 radical (unpaired) electrons. The van der Waals surface area contributed by atoms with E-state index in [1.54, 1.807) is 0 Å². The molecule has 1 N–H and O–H groups in total. The number of fused-ring (bicyclic) bond motifs is 3. The maximum Gasteiger partial charge on any atom is 0.407 e. The van der Waals surface area contributed by atoms with Gasteiger partial charge in [0.25, 0.3) is 0 Å². The van der Waals surface area contributed by atoms with Crippen LogP contribution in [0.2, 0.25) is 19.6 Å². The van der Waals surface area contributed by atoms with Gasteiger partial charge in [-0.3, -0.25) is 4.79 Å². The lowest BCUT2D eigenvalue weighted by atomic mass is 9.54. The molecule has 6 nitrogen and oxygen atoms in total. The second-order valence-electron chi connectivity index (χ2n) is 13.3. The number of benzene rings is 2. The number of thiocarbonyl (C=S) groups is 1. The molecule has 1 atom stereocenters. The number of carbonyl (C=O) groups is 2. The van der Waals surface area contributed by atoms with E-state index in [4.69, 9.17) is 26.1 Å². The Balaban J connectivity index is 1.12. The molecule has 0 heterocycles. The molecule has 1 amide bonds. The first-order chi connectivity index (χ1) is 19.1. The Hall–Kier alpha value is -2.71. The molecule has 0 saturated heterocycles. The first kappa shape index (κ1) is 27.5. The normalized spacial score (nSPS) is 26.9. The van der Waals surface area contributed by atoms with Crippen molar-refractivity contribution >= 4 is 37.6 Å². The van der Waals surface area contributed by atoms with Crippen LogP contribution in [-0.4, -0.2) is 43.7 Å². The van der Waals surface area contributed by atoms with Gasteiger partial charge in [-0.05, 0) is 110 Å². The van der Waals surface area contributed by atoms with Gasteiger partial charge in [0.15, 0.2) is 5.05 Å². The largest absolute Gasteiger partial charge is 0.538 e. The number of nitrogens with one attached hydrogen (secondary N) is 1. The van der Waals surface area contributed by atoms with Crippen molar-refractivity contribution < 1.29 is 23.5 Å². The van der Waals surface area contributed by atoms with Crippen molar-refractivity contribution in [1.82, 2.24) is 5.32 Å². The fraction of sp³-hybridized carbons (Fsp3) is 0.531. The van der Waals surface area contributed by atoms with Crippen molar-refractivity contribution in [2.75, 3.05) is 6.61 Å². The number of amides is 1. The van der Waals surface area contributed by atoms with Crippen LogP contribution in [0.25, 0.3) is 11.1 Å². The molecule has 40 heavy (non-hydrogen) atoms. The summed E-state index contributed by atoms with van der Waals surface area (Å²) in [5.74, 6) is 1.63. The van der Waals surface area contributed by atoms with Crippen molar-refractivity contribution in [3.05, 3.63) is 59.7 Å². The zero-order chi connectivity index (χ0) is 28.1. The number of alkyl carbamates (subject to hydrolysis) is 1. The lowest BCUT2D eigenvalue weighted by molar-refractivity contribution is -0.186. The zero-order valence-electron chi connectivity index (χ0n) is 23.6. The van der Waals surface area contributed by atoms with E-state index in [1.165, 1.54) is 30.4 Å². The summed E-state index contributed by atoms with van der Waals surface area (Å²) in [6.07, 6.45) is 6.04. The first-order valence-electron chi connectivity index (χ1n) is 14.6. The maximum atomic E-state index is 13.3. The van der Waals surface area contributed by atoms with E-state index in [1.807, 2.05) is 43.9 Å². The predicted molar refractivity (Wildman–Crippen MR) is 161 cm³/mol. The van der Waals surface area contributed by atoms with Gasteiger partial charge in [-0.15, -0.1) is 0 Å². The van der Waals surface area contributed by atoms with Crippen LogP contribution in [0.5, 0.6) is 0 Å². The summed E-state index contributed by atoms with van der Waals surface area (Å²) >= 11 is 5.61. The predicted octanol–water partition coefficient (Wildman–Crippen LogP) is 6.97. The van der Waals surface area contributed by atoms with Gasteiger partial charge in [-0.1, -0.05) is 48.5 Å². The minimum absolute atomic E-state index is 0.0529. The smallest absolute Gasteiger partial charge is 0.407 e. The van der Waals surface area contributed by atoms with Gasteiger partial charge in [-0.25, -0.2) is 4.79 Å². The number of carbonyl (C=O) groups excluding carboxylic acids is 2. The SMILES string of the molecule is C[Si](C)(C)OC(=S)C(CC(=O)OC12CC3CC(CC(C3)C1)C2)NC(=O)OCC1c2ccccc2-c2ccccc21. The third kappa shape index (κ3) is 5.70. The fourth-order valence-corrected chi connectivity index (χ4v) is 9.59. The standard InChI is InChI=1S/C32H39NO5SSi/c1-40(2,3)38-30(39)28(15-29(34)37-32-16-20-12-21(17-32)14-22(13-20)18-32)33-31(35)36-19-27-25-10-6-4-8-23(25)24-9-5-7-11-26(24)27/h4-11,20-22,27-28H,12-19H2,1-3H3,(H,33,35). The summed E-state index contributed by atoms with van der Waals surface area (Å²) < 4.78 is 18.0. The molecule has 4 bridgehead atoms. The fourth-order valence-electron chi connectivity index (χ4n) is 7.95. The maximum absolute atomic E-state index is 13.3. The van der Waals surface area contributed by atoms with Crippen LogP contribution in [-0.2, 0) is 18.7 Å². The average molecular weight is 578 g/mol. The summed E-state index contributed by atoms with van der Waals surface area (Å²) in [5, 5.41) is 3.06. The third-order valence-electron chi connectivity index (χ3n) is 9.01. The van der Waals surface area contributed by atoms with Gasteiger partial charge < -0.3 is 19.2 Å². The van der Waals surface area contributed by atoms with Crippen LogP contribution in [0.3, 0.4) is 0 Å². The van der Waals surface area contributed by atoms with Gasteiger partial charge in [0.2, 0.25) is 8.32 Å². The molecule has 0 spiro atoms. The Kier molecular flexibility index (Phi) is 7.28. The molecule has 8 heteroatoms. The number of hydrogen-bond acceptors (Lipinski definition) is 6. The van der Waals surface area contributed by atoms with E-state index >= 15 is 0 Å². The minimum Gasteiger partial charge on any atom is -0.538 e. The topological polar surface area (TPSA) is 73.9 Å². The van der Waals surface area contributed by atoms with Gasteiger partial charge in [0.05, 0.1) is 6.42 Å². The quantitative estimate of drug-likeness (QED) is 0.207. The molecule has 7 rings (SSSR count). The molecular weight excluding hydrogens is 539 g/mol. The Morgan fingerprint density at radius 2 is 1.45 bits per heavy atom. The third-order valence-corrected chi connectivity index (χ3v) is 10.4. The van der Waals surface area contributed by atoms with E-state index in [0.29, 0.717) is 17.8 Å². The molecule has 5 aliphatic rings. The Labute approximate surface area is 243 Å². The Morgan fingerprint density at radius 3 is 1.98 bits per heavy atom. The second-order valence-corrected chi connectivity index (χ2v) is 18.2. The molecule has 2 aromatic carbocycles. The molecule has 5 aliphatic carbocycles. The summed E-state index contributed by atoms with van der Waals surface area (Å²) in [6.45, 7) is 6.26. The van der Waals surface area contributed by atoms with E-state index in [0.717, 1.165) is 30.4 Å². The average Bonchev–Trinajstić information content (AvgIpc) is 3.18. The Morgan fingerprint density at radius 1 is 0.925 bits per heavy atom. The lowest BCUT2D eigenvalue weighted by Crippen LogP contribution is -2.53. The molecule has 4 saturated carbocycles. The van der Waals surface area contributed by atoms with Crippen LogP contribution >= 0.6 is 12.2 Å². The molecule has 1 unspecified atom stereocenters. The number of rotatable bonds is 8. The highest BCUT2D eigenvalue weighted by Gasteiger charge is 2.53. The van der Waals surface area contributed by atoms with Crippen LogP contribution in [0.1, 0.15) is 62.0 Å². The highest BCUT2D eigenvalue weighted by molar-refractivity contribution is 7.80. The highest BCUT2D eigenvalue weighted by atomic mass is 32.1. The van der Waals surface area contributed by atoms with Crippen molar-refractivity contribution in [1.29, 1.82) is 0 Å². The van der Waals surface area contributed by atoms with Crippen molar-refractivity contribution in [2.45, 2.75) is 82.1 Å². The molecule has 4 fully saturated rings. The van der Waals surface area contributed by atoms with Crippen molar-refractivity contribution in [3.63, 3.8) is 0 Å². The van der Waals surface area contributed by atoms with Crippen LogP contribution in [0.4, 0.5) is 4.79 Å². The van der Waals surface area contributed by atoms with Crippen LogP contribution < -0.4 is 5.32 Å². The van der Waals surface area contributed by atoms with E-state index in [9.17, 15) is 9.59 Å². The molecule has 2 aromatic rings. The molecule has 0 aliphatic heterocycles. The molecular formula is C32H39NO5SSi. The first-order valence-corrected chi connectivity index (χ1v) is 18.5. The number of esters is 1. The summed E-state index contributed by atoms with van der Waals surface area (Å²) in [7, 11) is -2.06. The van der Waals surface area contributed by atoms with Crippen LogP contribution in [0.15, 0.2) is 48.5 Å². The highest BCUT2D eigenvalue weighted by Crippen LogP contribution is 2.57. The van der Waals surface area contributed by atoms with Gasteiger partial charge >= 0.3 is 12.1 Å². The van der Waals surface area contributed by atoms with E-state index in [-0.39, 0.29) is 35.6 Å².